The summed E-state index contributed by atoms with van der Waals surface area (Å²) in [6.07, 6.45) is 0. The summed E-state index contributed by atoms with van der Waals surface area (Å²) < 4.78 is 12.9. The van der Waals surface area contributed by atoms with Crippen LogP contribution in [0.25, 0.3) is 0 Å². The van der Waals surface area contributed by atoms with Crippen LogP contribution in [-0.4, -0.2) is 18.4 Å². The van der Waals surface area contributed by atoms with Crippen molar-refractivity contribution in [1.82, 2.24) is 0 Å². The Balaban J connectivity index is 1.79. The molecule has 0 bridgehead atoms. The molecule has 118 valence electrons. The highest BCUT2D eigenvalue weighted by atomic mass is 19.1. The largest absolute Gasteiger partial charge is 0.325 e. The van der Waals surface area contributed by atoms with Gasteiger partial charge in [-0.15, -0.1) is 0 Å². The van der Waals surface area contributed by atoms with E-state index in [0.717, 1.165) is 11.3 Å². The number of rotatable bonds is 3. The van der Waals surface area contributed by atoms with Crippen molar-refractivity contribution in [3.63, 3.8) is 0 Å². The van der Waals surface area contributed by atoms with Crippen molar-refractivity contribution >= 4 is 23.2 Å². The zero-order valence-electron chi connectivity index (χ0n) is 13.0. The summed E-state index contributed by atoms with van der Waals surface area (Å²) in [7, 11) is 0. The average molecular weight is 312 g/mol. The second-order valence-electron chi connectivity index (χ2n) is 6.09. The number of anilines is 2. The van der Waals surface area contributed by atoms with Crippen LogP contribution in [-0.2, 0) is 15.0 Å². The smallest absolute Gasteiger partial charge is 0.244 e. The van der Waals surface area contributed by atoms with E-state index in [9.17, 15) is 14.0 Å². The first kappa shape index (κ1) is 15.2. The Morgan fingerprint density at radius 1 is 1.13 bits per heavy atom. The van der Waals surface area contributed by atoms with Crippen molar-refractivity contribution in [1.29, 1.82) is 0 Å². The van der Waals surface area contributed by atoms with Gasteiger partial charge in [-0.05, 0) is 49.7 Å². The molecule has 1 heterocycles. The molecule has 1 aliphatic heterocycles. The molecule has 0 unspecified atom stereocenters. The molecule has 2 amide bonds. The third kappa shape index (κ3) is 2.70. The lowest BCUT2D eigenvalue weighted by molar-refractivity contribution is -0.124. The lowest BCUT2D eigenvalue weighted by Crippen LogP contribution is -2.40. The van der Waals surface area contributed by atoms with Gasteiger partial charge in [0.1, 0.15) is 12.4 Å². The van der Waals surface area contributed by atoms with Gasteiger partial charge in [0.15, 0.2) is 0 Å². The Bertz CT molecular complexity index is 769. The van der Waals surface area contributed by atoms with E-state index in [1.54, 1.807) is 0 Å². The quantitative estimate of drug-likeness (QED) is 0.947. The zero-order valence-corrected chi connectivity index (χ0v) is 13.0. The standard InChI is InChI=1S/C18H17FN2O2/c1-18(2)14-5-3-4-6-15(14)21(17(18)23)11-16(22)20-13-9-7-12(19)8-10-13/h3-10H,11H2,1-2H3,(H,20,22). The monoisotopic (exact) mass is 312 g/mol. The number of fused-ring (bicyclic) bond motifs is 1. The first-order chi connectivity index (χ1) is 10.9. The van der Waals surface area contributed by atoms with Crippen molar-refractivity contribution < 1.29 is 14.0 Å². The van der Waals surface area contributed by atoms with E-state index in [2.05, 4.69) is 5.32 Å². The molecule has 0 saturated carbocycles. The van der Waals surface area contributed by atoms with Crippen molar-refractivity contribution in [2.45, 2.75) is 19.3 Å². The zero-order chi connectivity index (χ0) is 16.6. The molecule has 2 aromatic carbocycles. The molecule has 5 heteroatoms. The molecular formula is C18H17FN2O2. The second kappa shape index (κ2) is 5.50. The number of para-hydroxylation sites is 1. The summed E-state index contributed by atoms with van der Waals surface area (Å²) >= 11 is 0. The third-order valence-electron chi connectivity index (χ3n) is 4.08. The number of amides is 2. The molecule has 1 N–H and O–H groups in total. The highest BCUT2D eigenvalue weighted by molar-refractivity contribution is 6.11. The molecule has 0 saturated heterocycles. The van der Waals surface area contributed by atoms with Gasteiger partial charge in [-0.25, -0.2) is 4.39 Å². The topological polar surface area (TPSA) is 49.4 Å². The number of benzene rings is 2. The second-order valence-corrected chi connectivity index (χ2v) is 6.09. The Morgan fingerprint density at radius 2 is 1.78 bits per heavy atom. The first-order valence-electron chi connectivity index (χ1n) is 7.36. The van der Waals surface area contributed by atoms with Gasteiger partial charge >= 0.3 is 0 Å². The summed E-state index contributed by atoms with van der Waals surface area (Å²) in [5.41, 5.74) is 1.53. The maximum Gasteiger partial charge on any atom is 0.244 e. The number of carbonyl (C=O) groups is 2. The van der Waals surface area contributed by atoms with Gasteiger partial charge in [0.2, 0.25) is 11.8 Å². The lowest BCUT2D eigenvalue weighted by Gasteiger charge is -2.20. The maximum absolute atomic E-state index is 12.9. The molecule has 23 heavy (non-hydrogen) atoms. The van der Waals surface area contributed by atoms with Gasteiger partial charge in [0.25, 0.3) is 0 Å². The highest BCUT2D eigenvalue weighted by Gasteiger charge is 2.44. The Labute approximate surface area is 133 Å². The fourth-order valence-corrected chi connectivity index (χ4v) is 2.83. The normalized spacial score (nSPS) is 15.4. The Hall–Kier alpha value is -2.69. The highest BCUT2D eigenvalue weighted by Crippen LogP contribution is 2.40. The van der Waals surface area contributed by atoms with Gasteiger partial charge < -0.3 is 10.2 Å². The molecule has 0 atom stereocenters. The number of hydrogen-bond donors (Lipinski definition) is 1. The third-order valence-corrected chi connectivity index (χ3v) is 4.08. The average Bonchev–Trinajstić information content (AvgIpc) is 2.71. The number of nitrogens with zero attached hydrogens (tertiary/aromatic N) is 1. The predicted octanol–water partition coefficient (Wildman–Crippen LogP) is 3.09. The maximum atomic E-state index is 12.9. The van der Waals surface area contributed by atoms with Gasteiger partial charge in [0, 0.05) is 11.4 Å². The van der Waals surface area contributed by atoms with Crippen molar-refractivity contribution in [3.8, 4) is 0 Å². The van der Waals surface area contributed by atoms with Crippen LogP contribution < -0.4 is 10.2 Å². The van der Waals surface area contributed by atoms with E-state index < -0.39 is 5.41 Å². The van der Waals surface area contributed by atoms with Gasteiger partial charge in [0.05, 0.1) is 5.41 Å². The van der Waals surface area contributed by atoms with Gasteiger partial charge in [-0.1, -0.05) is 18.2 Å². The van der Waals surface area contributed by atoms with E-state index in [0.29, 0.717) is 5.69 Å². The van der Waals surface area contributed by atoms with Crippen LogP contribution in [0.1, 0.15) is 19.4 Å². The van der Waals surface area contributed by atoms with E-state index in [-0.39, 0.29) is 24.2 Å². The molecule has 0 fully saturated rings. The summed E-state index contributed by atoms with van der Waals surface area (Å²) in [5.74, 6) is -0.793. The molecule has 0 spiro atoms. The first-order valence-corrected chi connectivity index (χ1v) is 7.36. The van der Waals surface area contributed by atoms with Gasteiger partial charge in [-0.3, -0.25) is 9.59 Å². The summed E-state index contributed by atoms with van der Waals surface area (Å²) in [6, 6.07) is 13.0. The SMILES string of the molecule is CC1(C)C(=O)N(CC(=O)Nc2ccc(F)cc2)c2ccccc21. The van der Waals surface area contributed by atoms with Crippen LogP contribution in [0.15, 0.2) is 48.5 Å². The molecular weight excluding hydrogens is 295 g/mol. The fraction of sp³-hybridized carbons (Fsp3) is 0.222. The molecule has 0 radical (unpaired) electrons. The molecule has 3 rings (SSSR count). The Kier molecular flexibility index (Phi) is 3.64. The number of nitrogens with one attached hydrogen (secondary N) is 1. The van der Waals surface area contributed by atoms with E-state index >= 15 is 0 Å². The van der Waals surface area contributed by atoms with Crippen molar-refractivity contribution in [3.05, 3.63) is 59.9 Å². The molecule has 0 aliphatic carbocycles. The van der Waals surface area contributed by atoms with Gasteiger partial charge in [-0.2, -0.15) is 0 Å². The molecule has 2 aromatic rings. The van der Waals surface area contributed by atoms with E-state index in [1.807, 2.05) is 38.1 Å². The Morgan fingerprint density at radius 3 is 2.48 bits per heavy atom. The van der Waals surface area contributed by atoms with Crippen LogP contribution in [0, 0.1) is 5.82 Å². The van der Waals surface area contributed by atoms with Crippen LogP contribution in [0.2, 0.25) is 0 Å². The number of halogens is 1. The number of carbonyl (C=O) groups excluding carboxylic acids is 2. The summed E-state index contributed by atoms with van der Waals surface area (Å²) in [4.78, 5) is 26.3. The van der Waals surface area contributed by atoms with Crippen LogP contribution in [0.3, 0.4) is 0 Å². The predicted molar refractivity (Wildman–Crippen MR) is 86.9 cm³/mol. The summed E-state index contributed by atoms with van der Waals surface area (Å²) in [6.45, 7) is 3.63. The minimum absolute atomic E-state index is 0.0728. The fourth-order valence-electron chi connectivity index (χ4n) is 2.83. The van der Waals surface area contributed by atoms with Crippen LogP contribution in [0.5, 0.6) is 0 Å². The van der Waals surface area contributed by atoms with E-state index in [1.165, 1.54) is 29.2 Å². The van der Waals surface area contributed by atoms with Crippen LogP contribution in [0.4, 0.5) is 15.8 Å². The summed E-state index contributed by atoms with van der Waals surface area (Å²) in [5, 5.41) is 2.68. The molecule has 4 nitrogen and oxygen atoms in total. The molecule has 1 aliphatic rings. The van der Waals surface area contributed by atoms with E-state index in [4.69, 9.17) is 0 Å². The minimum Gasteiger partial charge on any atom is -0.325 e. The van der Waals surface area contributed by atoms with Crippen molar-refractivity contribution in [2.75, 3.05) is 16.8 Å². The van der Waals surface area contributed by atoms with Crippen LogP contribution >= 0.6 is 0 Å². The lowest BCUT2D eigenvalue weighted by atomic mass is 9.86. The molecule has 0 aromatic heterocycles. The minimum atomic E-state index is -0.646. The van der Waals surface area contributed by atoms with Crippen molar-refractivity contribution in [2.24, 2.45) is 0 Å². The number of hydrogen-bond acceptors (Lipinski definition) is 2.